The minimum absolute atomic E-state index is 0.272. The van der Waals surface area contributed by atoms with Crippen LogP contribution in [0.15, 0.2) is 48.5 Å². The third-order valence-corrected chi connectivity index (χ3v) is 2.27. The first-order chi connectivity index (χ1) is 8.18. The number of carbonyl (C=O) groups excluding carboxylic acids is 1. The number of hydrogen-bond donors (Lipinski definition) is 2. The Morgan fingerprint density at radius 3 is 2.35 bits per heavy atom. The highest BCUT2D eigenvalue weighted by Gasteiger charge is 2.12. The van der Waals surface area contributed by atoms with Gasteiger partial charge in [-0.2, -0.15) is 0 Å². The highest BCUT2D eigenvalue weighted by molar-refractivity contribution is 5.97. The number of primary amides is 1. The second-order valence-electron chi connectivity index (χ2n) is 3.50. The van der Waals surface area contributed by atoms with Crippen molar-refractivity contribution in [2.45, 2.75) is 0 Å². The summed E-state index contributed by atoms with van der Waals surface area (Å²) < 4.78 is 5.58. The Hall–Kier alpha value is -2.49. The quantitative estimate of drug-likeness (QED) is 0.790. The molecule has 0 aliphatic rings. The average molecular weight is 228 g/mol. The minimum Gasteiger partial charge on any atom is -0.454 e. The molecule has 0 unspecified atom stereocenters. The van der Waals surface area contributed by atoms with E-state index in [1.807, 2.05) is 18.2 Å². The van der Waals surface area contributed by atoms with Crippen LogP contribution in [0.25, 0.3) is 0 Å². The van der Waals surface area contributed by atoms with Gasteiger partial charge in [0.2, 0.25) is 0 Å². The highest BCUT2D eigenvalue weighted by Crippen LogP contribution is 2.30. The van der Waals surface area contributed by atoms with E-state index in [-0.39, 0.29) is 5.56 Å². The Kier molecular flexibility index (Phi) is 2.96. The molecule has 0 saturated heterocycles. The van der Waals surface area contributed by atoms with Crippen molar-refractivity contribution in [2.75, 3.05) is 5.73 Å². The number of nitrogens with two attached hydrogens (primary N) is 2. The Bertz CT molecular complexity index is 538. The summed E-state index contributed by atoms with van der Waals surface area (Å²) in [5.41, 5.74) is 11.7. The Morgan fingerprint density at radius 2 is 1.71 bits per heavy atom. The van der Waals surface area contributed by atoms with Gasteiger partial charge in [0.1, 0.15) is 5.75 Å². The molecular formula is C13H12N2O2. The van der Waals surface area contributed by atoms with E-state index in [4.69, 9.17) is 16.2 Å². The third kappa shape index (κ3) is 2.36. The molecule has 2 aromatic rings. The summed E-state index contributed by atoms with van der Waals surface area (Å²) in [6.45, 7) is 0. The van der Waals surface area contributed by atoms with Gasteiger partial charge in [0.05, 0.1) is 11.3 Å². The SMILES string of the molecule is NC(=O)c1cccc(N)c1Oc1ccccc1. The molecule has 4 N–H and O–H groups in total. The number of amides is 1. The number of carbonyl (C=O) groups is 1. The zero-order chi connectivity index (χ0) is 12.3. The van der Waals surface area contributed by atoms with E-state index in [9.17, 15) is 4.79 Å². The smallest absolute Gasteiger partial charge is 0.252 e. The molecule has 4 heteroatoms. The van der Waals surface area contributed by atoms with Gasteiger partial charge in [-0.05, 0) is 24.3 Å². The highest BCUT2D eigenvalue weighted by atomic mass is 16.5. The molecular weight excluding hydrogens is 216 g/mol. The van der Waals surface area contributed by atoms with Crippen LogP contribution >= 0.6 is 0 Å². The molecule has 0 fully saturated rings. The lowest BCUT2D eigenvalue weighted by molar-refractivity contribution is 0.0998. The van der Waals surface area contributed by atoms with Crippen LogP contribution in [0.1, 0.15) is 10.4 Å². The number of benzene rings is 2. The van der Waals surface area contributed by atoms with Crippen molar-refractivity contribution >= 4 is 11.6 Å². The molecule has 2 aromatic carbocycles. The molecule has 4 nitrogen and oxygen atoms in total. The monoisotopic (exact) mass is 228 g/mol. The normalized spacial score (nSPS) is 9.88. The van der Waals surface area contributed by atoms with Gasteiger partial charge in [0.25, 0.3) is 5.91 Å². The number of hydrogen-bond acceptors (Lipinski definition) is 3. The molecule has 0 aliphatic carbocycles. The maximum atomic E-state index is 11.3. The van der Waals surface area contributed by atoms with Crippen LogP contribution in [0.4, 0.5) is 5.69 Å². The van der Waals surface area contributed by atoms with Crippen molar-refractivity contribution in [3.05, 3.63) is 54.1 Å². The summed E-state index contributed by atoms with van der Waals surface area (Å²) in [6, 6.07) is 14.0. The lowest BCUT2D eigenvalue weighted by Crippen LogP contribution is -2.13. The first kappa shape index (κ1) is 11.0. The van der Waals surface area contributed by atoms with Crippen molar-refractivity contribution in [1.82, 2.24) is 0 Å². The van der Waals surface area contributed by atoms with Crippen LogP contribution in [-0.2, 0) is 0 Å². The largest absolute Gasteiger partial charge is 0.454 e. The van der Waals surface area contributed by atoms with Crippen molar-refractivity contribution in [2.24, 2.45) is 5.73 Å². The Labute approximate surface area is 98.8 Å². The van der Waals surface area contributed by atoms with Gasteiger partial charge in [-0.3, -0.25) is 4.79 Å². The van der Waals surface area contributed by atoms with E-state index in [1.54, 1.807) is 30.3 Å². The summed E-state index contributed by atoms with van der Waals surface area (Å²) >= 11 is 0. The van der Waals surface area contributed by atoms with Crippen molar-refractivity contribution in [3.63, 3.8) is 0 Å². The molecule has 2 rings (SSSR count). The fraction of sp³-hybridized carbons (Fsp3) is 0. The molecule has 0 atom stereocenters. The predicted molar refractivity (Wildman–Crippen MR) is 65.9 cm³/mol. The van der Waals surface area contributed by atoms with E-state index in [0.717, 1.165) is 0 Å². The zero-order valence-electron chi connectivity index (χ0n) is 9.09. The van der Waals surface area contributed by atoms with Gasteiger partial charge >= 0.3 is 0 Å². The molecule has 0 aliphatic heterocycles. The van der Waals surface area contributed by atoms with Crippen molar-refractivity contribution in [1.29, 1.82) is 0 Å². The van der Waals surface area contributed by atoms with Crippen LogP contribution in [0.3, 0.4) is 0 Å². The summed E-state index contributed by atoms with van der Waals surface area (Å²) in [4.78, 5) is 11.3. The summed E-state index contributed by atoms with van der Waals surface area (Å²) in [5.74, 6) is 0.335. The molecule has 0 spiro atoms. The van der Waals surface area contributed by atoms with Gasteiger partial charge in [0, 0.05) is 0 Å². The average Bonchev–Trinajstić information content (AvgIpc) is 2.33. The second-order valence-corrected chi connectivity index (χ2v) is 3.50. The first-order valence-corrected chi connectivity index (χ1v) is 5.09. The van der Waals surface area contributed by atoms with Crippen molar-refractivity contribution in [3.8, 4) is 11.5 Å². The fourth-order valence-electron chi connectivity index (χ4n) is 1.47. The number of ether oxygens (including phenoxy) is 1. The Morgan fingerprint density at radius 1 is 1.00 bits per heavy atom. The second kappa shape index (κ2) is 4.57. The number of anilines is 1. The first-order valence-electron chi connectivity index (χ1n) is 5.09. The van der Waals surface area contributed by atoms with Crippen LogP contribution < -0.4 is 16.2 Å². The zero-order valence-corrected chi connectivity index (χ0v) is 9.09. The maximum Gasteiger partial charge on any atom is 0.252 e. The van der Waals surface area contributed by atoms with E-state index < -0.39 is 5.91 Å². The molecule has 0 aromatic heterocycles. The number of para-hydroxylation sites is 2. The molecule has 0 radical (unpaired) electrons. The summed E-state index contributed by atoms with van der Waals surface area (Å²) in [6.07, 6.45) is 0. The minimum atomic E-state index is -0.566. The topological polar surface area (TPSA) is 78.3 Å². The number of rotatable bonds is 3. The van der Waals surface area contributed by atoms with E-state index >= 15 is 0 Å². The molecule has 1 amide bonds. The van der Waals surface area contributed by atoms with Gasteiger partial charge < -0.3 is 16.2 Å². The molecule has 0 bridgehead atoms. The fourth-order valence-corrected chi connectivity index (χ4v) is 1.47. The predicted octanol–water partition coefficient (Wildman–Crippen LogP) is 2.16. The lowest BCUT2D eigenvalue weighted by Gasteiger charge is -2.11. The third-order valence-electron chi connectivity index (χ3n) is 2.27. The maximum absolute atomic E-state index is 11.3. The van der Waals surface area contributed by atoms with Crippen LogP contribution in [0, 0.1) is 0 Å². The standard InChI is InChI=1S/C13H12N2O2/c14-11-8-4-7-10(13(15)16)12(11)17-9-5-2-1-3-6-9/h1-8H,14H2,(H2,15,16). The van der Waals surface area contributed by atoms with Crippen molar-refractivity contribution < 1.29 is 9.53 Å². The molecule has 17 heavy (non-hydrogen) atoms. The molecule has 86 valence electrons. The van der Waals surface area contributed by atoms with Gasteiger partial charge in [-0.15, -0.1) is 0 Å². The molecule has 0 saturated carbocycles. The van der Waals surface area contributed by atoms with Gasteiger partial charge in [-0.25, -0.2) is 0 Å². The van der Waals surface area contributed by atoms with E-state index in [1.165, 1.54) is 0 Å². The Balaban J connectivity index is 2.41. The van der Waals surface area contributed by atoms with Crippen LogP contribution in [0.5, 0.6) is 11.5 Å². The van der Waals surface area contributed by atoms with Crippen LogP contribution in [0.2, 0.25) is 0 Å². The van der Waals surface area contributed by atoms with Crippen LogP contribution in [-0.4, -0.2) is 5.91 Å². The van der Waals surface area contributed by atoms with E-state index in [0.29, 0.717) is 17.2 Å². The summed E-state index contributed by atoms with van der Waals surface area (Å²) in [5, 5.41) is 0. The lowest BCUT2D eigenvalue weighted by atomic mass is 10.1. The van der Waals surface area contributed by atoms with E-state index in [2.05, 4.69) is 0 Å². The summed E-state index contributed by atoms with van der Waals surface area (Å²) in [7, 11) is 0. The van der Waals surface area contributed by atoms with Gasteiger partial charge in [-0.1, -0.05) is 24.3 Å². The molecule has 0 heterocycles. The number of nitrogen functional groups attached to an aromatic ring is 1. The van der Waals surface area contributed by atoms with Gasteiger partial charge in [0.15, 0.2) is 5.75 Å².